The summed E-state index contributed by atoms with van der Waals surface area (Å²) in [5.74, 6) is 1.42. The highest BCUT2D eigenvalue weighted by atomic mass is 16.2. The maximum absolute atomic E-state index is 13.1. The molecule has 0 N–H and O–H groups in total. The smallest absolute Gasteiger partial charge is 0.244 e. The molecule has 2 amide bonds. The molecule has 1 aromatic carbocycles. The molecule has 2 aliphatic heterocycles. The summed E-state index contributed by atoms with van der Waals surface area (Å²) < 4.78 is 1.65. The van der Waals surface area contributed by atoms with Gasteiger partial charge in [0.15, 0.2) is 5.82 Å². The minimum absolute atomic E-state index is 0.0135. The molecule has 8 heteroatoms. The van der Waals surface area contributed by atoms with Crippen LogP contribution in [0, 0.1) is 6.92 Å². The fraction of sp³-hybridized carbons (Fsp3) is 0.400. The number of benzene rings is 1. The normalized spacial score (nSPS) is 18.3. The maximum atomic E-state index is 13.1. The first-order valence-electron chi connectivity index (χ1n) is 11.6. The fourth-order valence-corrected chi connectivity index (χ4v) is 4.80. The summed E-state index contributed by atoms with van der Waals surface area (Å²) in [5.41, 5.74) is 2.98. The molecule has 1 saturated heterocycles. The van der Waals surface area contributed by atoms with Crippen molar-refractivity contribution >= 4 is 17.6 Å². The van der Waals surface area contributed by atoms with Gasteiger partial charge in [0.2, 0.25) is 11.8 Å². The van der Waals surface area contributed by atoms with Gasteiger partial charge in [-0.3, -0.25) is 19.2 Å². The van der Waals surface area contributed by atoms with Crippen molar-refractivity contribution in [3.8, 4) is 0 Å². The molecule has 1 fully saturated rings. The number of hydrogen-bond donors (Lipinski definition) is 0. The second kappa shape index (κ2) is 9.13. The summed E-state index contributed by atoms with van der Waals surface area (Å²) in [6.07, 6.45) is 7.38. The Morgan fingerprint density at radius 1 is 1.09 bits per heavy atom. The molecule has 4 heterocycles. The van der Waals surface area contributed by atoms with Crippen molar-refractivity contribution < 1.29 is 9.59 Å². The number of carbonyl (C=O) groups excluding carboxylic acids is 2. The summed E-state index contributed by atoms with van der Waals surface area (Å²) in [4.78, 5) is 39.5. The van der Waals surface area contributed by atoms with Crippen LogP contribution >= 0.6 is 0 Å². The van der Waals surface area contributed by atoms with Crippen molar-refractivity contribution in [1.29, 1.82) is 0 Å². The van der Waals surface area contributed by atoms with E-state index in [1.165, 1.54) is 0 Å². The highest BCUT2D eigenvalue weighted by Gasteiger charge is 2.34. The zero-order chi connectivity index (χ0) is 22.8. The van der Waals surface area contributed by atoms with Crippen molar-refractivity contribution in [2.75, 3.05) is 11.4 Å². The zero-order valence-electron chi connectivity index (χ0n) is 18.9. The van der Waals surface area contributed by atoms with E-state index in [1.54, 1.807) is 22.0 Å². The Morgan fingerprint density at radius 2 is 1.94 bits per heavy atom. The maximum Gasteiger partial charge on any atom is 0.244 e. The molecule has 0 aliphatic carbocycles. The molecule has 0 bridgehead atoms. The molecule has 33 heavy (non-hydrogen) atoms. The van der Waals surface area contributed by atoms with E-state index < -0.39 is 0 Å². The third-order valence-corrected chi connectivity index (χ3v) is 6.52. The van der Waals surface area contributed by atoms with Gasteiger partial charge in [0, 0.05) is 36.6 Å². The van der Waals surface area contributed by atoms with Gasteiger partial charge in [0.1, 0.15) is 12.4 Å². The molecule has 0 unspecified atom stereocenters. The van der Waals surface area contributed by atoms with Gasteiger partial charge >= 0.3 is 0 Å². The lowest BCUT2D eigenvalue weighted by Crippen LogP contribution is -2.42. The second-order valence-corrected chi connectivity index (χ2v) is 8.74. The first kappa shape index (κ1) is 21.3. The van der Waals surface area contributed by atoms with Crippen LogP contribution in [-0.4, -0.2) is 43.0 Å². The zero-order valence-corrected chi connectivity index (χ0v) is 18.9. The van der Waals surface area contributed by atoms with Crippen molar-refractivity contribution in [2.45, 2.75) is 58.2 Å². The molecule has 5 rings (SSSR count). The number of carbonyl (C=O) groups is 2. The first-order valence-corrected chi connectivity index (χ1v) is 11.6. The van der Waals surface area contributed by atoms with Crippen LogP contribution < -0.4 is 4.90 Å². The van der Waals surface area contributed by atoms with Gasteiger partial charge in [0.05, 0.1) is 12.6 Å². The van der Waals surface area contributed by atoms with Gasteiger partial charge < -0.3 is 4.90 Å². The predicted octanol–water partition coefficient (Wildman–Crippen LogP) is 3.21. The largest absolute Gasteiger partial charge is 0.331 e. The van der Waals surface area contributed by atoms with E-state index in [2.05, 4.69) is 5.10 Å². The molecule has 0 radical (unpaired) electrons. The van der Waals surface area contributed by atoms with E-state index in [-0.39, 0.29) is 24.4 Å². The van der Waals surface area contributed by atoms with E-state index in [0.29, 0.717) is 37.6 Å². The summed E-state index contributed by atoms with van der Waals surface area (Å²) in [7, 11) is 0. The predicted molar refractivity (Wildman–Crippen MR) is 123 cm³/mol. The van der Waals surface area contributed by atoms with Crippen LogP contribution in [0.5, 0.6) is 0 Å². The topological polar surface area (TPSA) is 84.2 Å². The monoisotopic (exact) mass is 444 g/mol. The Hall–Kier alpha value is -3.55. The van der Waals surface area contributed by atoms with E-state index in [0.717, 1.165) is 36.1 Å². The molecule has 1 atom stereocenters. The van der Waals surface area contributed by atoms with Gasteiger partial charge in [-0.15, -0.1) is 0 Å². The third-order valence-electron chi connectivity index (χ3n) is 6.52. The number of fused-ring (bicyclic) bond motifs is 1. The Kier molecular flexibility index (Phi) is 5.90. The number of anilines is 1. The summed E-state index contributed by atoms with van der Waals surface area (Å²) in [6, 6.07) is 11.6. The van der Waals surface area contributed by atoms with Gasteiger partial charge in [0.25, 0.3) is 0 Å². The molecule has 0 spiro atoms. The number of piperidine rings is 1. The van der Waals surface area contributed by atoms with Gasteiger partial charge in [-0.05, 0) is 44.2 Å². The van der Waals surface area contributed by atoms with Crippen LogP contribution in [0.3, 0.4) is 0 Å². The second-order valence-electron chi connectivity index (χ2n) is 8.74. The highest BCUT2D eigenvalue weighted by molar-refractivity contribution is 5.95. The number of hydrogen-bond acceptors (Lipinski definition) is 5. The van der Waals surface area contributed by atoms with Crippen LogP contribution in [0.2, 0.25) is 0 Å². The summed E-state index contributed by atoms with van der Waals surface area (Å²) in [5, 5.41) is 4.17. The first-order chi connectivity index (χ1) is 16.1. The summed E-state index contributed by atoms with van der Waals surface area (Å²) in [6.45, 7) is 3.34. The minimum atomic E-state index is -0.193. The lowest BCUT2D eigenvalue weighted by atomic mass is 9.99. The minimum Gasteiger partial charge on any atom is -0.331 e. The van der Waals surface area contributed by atoms with Gasteiger partial charge in [-0.1, -0.05) is 30.3 Å². The molecule has 170 valence electrons. The molecule has 3 aromatic rings. The van der Waals surface area contributed by atoms with Crippen LogP contribution in [0.1, 0.15) is 54.4 Å². The van der Waals surface area contributed by atoms with E-state index in [4.69, 9.17) is 9.97 Å². The fourth-order valence-electron chi connectivity index (χ4n) is 4.80. The van der Waals surface area contributed by atoms with Gasteiger partial charge in [-0.2, -0.15) is 5.10 Å². The SMILES string of the molecule is Cc1nc([C@H]2CCCCN2C(=O)Cn2cccn2)nc2c1CCC(=O)N2Cc1ccccc1. The van der Waals surface area contributed by atoms with E-state index in [1.807, 2.05) is 48.2 Å². The quantitative estimate of drug-likeness (QED) is 0.603. The van der Waals surface area contributed by atoms with Crippen molar-refractivity contribution in [3.05, 3.63) is 71.4 Å². The Bertz CT molecular complexity index is 1150. The lowest BCUT2D eigenvalue weighted by Gasteiger charge is -2.36. The van der Waals surface area contributed by atoms with Crippen LogP contribution in [0.15, 0.2) is 48.8 Å². The summed E-state index contributed by atoms with van der Waals surface area (Å²) >= 11 is 0. The number of nitrogens with zero attached hydrogens (tertiary/aromatic N) is 6. The average Bonchev–Trinajstić information content (AvgIpc) is 3.34. The third kappa shape index (κ3) is 4.37. The standard InChI is InChI=1S/C25H28N6O2/c1-18-20-11-12-22(32)31(16-19-8-3-2-4-9-19)25(20)28-24(27-18)21-10-5-6-15-30(21)23(33)17-29-14-7-13-26-29/h2-4,7-9,13-14,21H,5-6,10-12,15-17H2,1H3/t21-/m1/s1. The van der Waals surface area contributed by atoms with Gasteiger partial charge in [-0.25, -0.2) is 9.97 Å². The number of rotatable bonds is 5. The molecular weight excluding hydrogens is 416 g/mol. The highest BCUT2D eigenvalue weighted by Crippen LogP contribution is 2.34. The van der Waals surface area contributed by atoms with Crippen molar-refractivity contribution in [2.24, 2.45) is 0 Å². The number of aromatic nitrogens is 4. The molecule has 8 nitrogen and oxygen atoms in total. The van der Waals surface area contributed by atoms with Crippen LogP contribution in [0.25, 0.3) is 0 Å². The number of likely N-dealkylation sites (tertiary alicyclic amines) is 1. The number of amides is 2. The molecule has 2 aliphatic rings. The molecular formula is C25H28N6O2. The molecule has 2 aromatic heterocycles. The Morgan fingerprint density at radius 3 is 2.73 bits per heavy atom. The molecule has 0 saturated carbocycles. The van der Waals surface area contributed by atoms with E-state index >= 15 is 0 Å². The Labute approximate surface area is 193 Å². The van der Waals surface area contributed by atoms with Crippen LogP contribution in [0.4, 0.5) is 5.82 Å². The average molecular weight is 445 g/mol. The van der Waals surface area contributed by atoms with E-state index in [9.17, 15) is 9.59 Å². The Balaban J connectivity index is 1.47. The van der Waals surface area contributed by atoms with Crippen molar-refractivity contribution in [3.63, 3.8) is 0 Å². The number of aryl methyl sites for hydroxylation is 1. The van der Waals surface area contributed by atoms with Crippen molar-refractivity contribution in [1.82, 2.24) is 24.6 Å². The van der Waals surface area contributed by atoms with Crippen LogP contribution in [-0.2, 0) is 29.1 Å². The lowest BCUT2D eigenvalue weighted by molar-refractivity contribution is -0.136.